The number of H-pyrrole nitrogens is 1. The number of hydrogen-bond acceptors (Lipinski definition) is 4. The van der Waals surface area contributed by atoms with Crippen LogP contribution < -0.4 is 15.4 Å². The lowest BCUT2D eigenvalue weighted by atomic mass is 10.1. The predicted molar refractivity (Wildman–Crippen MR) is 121 cm³/mol. The fourth-order valence-corrected chi connectivity index (χ4v) is 4.65. The number of rotatable bonds is 7. The van der Waals surface area contributed by atoms with E-state index in [0.29, 0.717) is 6.54 Å². The van der Waals surface area contributed by atoms with E-state index in [4.69, 9.17) is 4.74 Å². The maximum atomic E-state index is 12.5. The SMILES string of the molecule is COc1ccc2[nH]cc(CCNC(=O)CS[C@H]3CCc4ccccc4NC3=O)c2c1. The van der Waals surface area contributed by atoms with Gasteiger partial charge in [0.15, 0.2) is 0 Å². The quantitative estimate of drug-likeness (QED) is 0.543. The Hall–Kier alpha value is -2.93. The van der Waals surface area contributed by atoms with Gasteiger partial charge in [-0.05, 0) is 54.7 Å². The number of hydrogen-bond donors (Lipinski definition) is 3. The van der Waals surface area contributed by atoms with Gasteiger partial charge < -0.3 is 20.4 Å². The summed E-state index contributed by atoms with van der Waals surface area (Å²) in [7, 11) is 1.65. The van der Waals surface area contributed by atoms with E-state index in [-0.39, 0.29) is 22.8 Å². The van der Waals surface area contributed by atoms with Crippen molar-refractivity contribution in [3.8, 4) is 5.75 Å². The average molecular weight is 424 g/mol. The third-order valence-corrected chi connectivity index (χ3v) is 6.63. The molecule has 0 saturated heterocycles. The van der Waals surface area contributed by atoms with Crippen LogP contribution in [0.3, 0.4) is 0 Å². The molecule has 1 aliphatic heterocycles. The minimum Gasteiger partial charge on any atom is -0.497 e. The molecule has 0 saturated carbocycles. The topological polar surface area (TPSA) is 83.2 Å². The summed E-state index contributed by atoms with van der Waals surface area (Å²) in [6.45, 7) is 0.547. The van der Waals surface area contributed by atoms with Gasteiger partial charge in [-0.1, -0.05) is 18.2 Å². The van der Waals surface area contributed by atoms with Crippen LogP contribution in [0.5, 0.6) is 5.75 Å². The van der Waals surface area contributed by atoms with Crippen molar-refractivity contribution in [1.29, 1.82) is 0 Å². The lowest BCUT2D eigenvalue weighted by molar-refractivity contribution is -0.118. The Morgan fingerprint density at radius 3 is 3.00 bits per heavy atom. The Labute approximate surface area is 179 Å². The molecule has 4 rings (SSSR count). The molecule has 3 aromatic rings. The first-order valence-corrected chi connectivity index (χ1v) is 11.1. The number of thioether (sulfide) groups is 1. The van der Waals surface area contributed by atoms with Gasteiger partial charge in [-0.3, -0.25) is 9.59 Å². The van der Waals surface area contributed by atoms with Crippen molar-refractivity contribution in [2.45, 2.75) is 24.5 Å². The van der Waals surface area contributed by atoms with Crippen LogP contribution in [0.4, 0.5) is 5.69 Å². The van der Waals surface area contributed by atoms with Crippen LogP contribution in [0.25, 0.3) is 10.9 Å². The lowest BCUT2D eigenvalue weighted by Crippen LogP contribution is -2.30. The van der Waals surface area contributed by atoms with E-state index in [0.717, 1.165) is 52.7 Å². The maximum absolute atomic E-state index is 12.5. The molecule has 0 bridgehead atoms. The van der Waals surface area contributed by atoms with Crippen molar-refractivity contribution in [2.75, 3.05) is 24.7 Å². The number of methoxy groups -OCH3 is 1. The maximum Gasteiger partial charge on any atom is 0.237 e. The zero-order valence-corrected chi connectivity index (χ0v) is 17.7. The first-order valence-electron chi connectivity index (χ1n) is 10.0. The monoisotopic (exact) mass is 423 g/mol. The molecule has 0 spiro atoms. The first-order chi connectivity index (χ1) is 14.6. The third-order valence-electron chi connectivity index (χ3n) is 5.35. The van der Waals surface area contributed by atoms with E-state index >= 15 is 0 Å². The number of para-hydroxylation sites is 1. The van der Waals surface area contributed by atoms with Crippen molar-refractivity contribution < 1.29 is 14.3 Å². The molecule has 0 aliphatic carbocycles. The second-order valence-corrected chi connectivity index (χ2v) is 8.50. The number of benzene rings is 2. The Morgan fingerprint density at radius 2 is 2.13 bits per heavy atom. The van der Waals surface area contributed by atoms with E-state index in [1.165, 1.54) is 11.8 Å². The standard InChI is InChI=1S/C23H25N3O3S/c1-29-17-7-8-20-18(12-17)16(13-25-20)10-11-24-22(27)14-30-21-9-6-15-4-2-3-5-19(15)26-23(21)28/h2-5,7-8,12-13,21,25H,6,9-11,14H2,1H3,(H,24,27)(H,26,28)/t21-/m0/s1. The van der Waals surface area contributed by atoms with E-state index in [2.05, 4.69) is 15.6 Å². The van der Waals surface area contributed by atoms with Crippen molar-refractivity contribution in [3.63, 3.8) is 0 Å². The van der Waals surface area contributed by atoms with Crippen LogP contribution in [0.2, 0.25) is 0 Å². The molecule has 6 nitrogen and oxygen atoms in total. The summed E-state index contributed by atoms with van der Waals surface area (Å²) in [5, 5.41) is 6.83. The molecular formula is C23H25N3O3S. The number of aryl methyl sites for hydroxylation is 1. The summed E-state index contributed by atoms with van der Waals surface area (Å²) in [5.74, 6) is 1.01. The fourth-order valence-electron chi connectivity index (χ4n) is 3.71. The predicted octanol–water partition coefficient (Wildman–Crippen LogP) is 3.52. The van der Waals surface area contributed by atoms with Gasteiger partial charge in [0, 0.05) is 29.3 Å². The van der Waals surface area contributed by atoms with Gasteiger partial charge in [0.25, 0.3) is 0 Å². The number of anilines is 1. The highest BCUT2D eigenvalue weighted by atomic mass is 32.2. The molecular weight excluding hydrogens is 398 g/mol. The second kappa shape index (κ2) is 9.26. The molecule has 2 amide bonds. The smallest absolute Gasteiger partial charge is 0.237 e. The second-order valence-electron chi connectivity index (χ2n) is 7.31. The number of aromatic amines is 1. The van der Waals surface area contributed by atoms with Crippen LogP contribution in [0, 0.1) is 0 Å². The van der Waals surface area contributed by atoms with Crippen molar-refractivity contribution in [2.24, 2.45) is 0 Å². The van der Waals surface area contributed by atoms with E-state index in [9.17, 15) is 9.59 Å². The summed E-state index contributed by atoms with van der Waals surface area (Å²) in [4.78, 5) is 28.0. The number of amides is 2. The normalized spacial score (nSPS) is 15.9. The Kier molecular flexibility index (Phi) is 6.28. The number of aromatic nitrogens is 1. The fraction of sp³-hybridized carbons (Fsp3) is 0.304. The minimum atomic E-state index is -0.218. The molecule has 1 aromatic heterocycles. The lowest BCUT2D eigenvalue weighted by Gasteiger charge is -2.12. The van der Waals surface area contributed by atoms with E-state index < -0.39 is 0 Å². The van der Waals surface area contributed by atoms with E-state index in [1.54, 1.807) is 7.11 Å². The number of ether oxygens (including phenoxy) is 1. The largest absolute Gasteiger partial charge is 0.497 e. The summed E-state index contributed by atoms with van der Waals surface area (Å²) in [5.41, 5.74) is 4.21. The molecule has 0 unspecified atom stereocenters. The first kappa shape index (κ1) is 20.3. The molecule has 30 heavy (non-hydrogen) atoms. The van der Waals surface area contributed by atoms with Crippen LogP contribution in [0.15, 0.2) is 48.7 Å². The van der Waals surface area contributed by atoms with Gasteiger partial charge in [-0.15, -0.1) is 11.8 Å². The number of nitrogens with one attached hydrogen (secondary N) is 3. The van der Waals surface area contributed by atoms with Gasteiger partial charge in [-0.25, -0.2) is 0 Å². The van der Waals surface area contributed by atoms with Crippen molar-refractivity contribution >= 4 is 40.2 Å². The van der Waals surface area contributed by atoms with E-state index in [1.807, 2.05) is 48.7 Å². The number of carbonyl (C=O) groups excluding carboxylic acids is 2. The molecule has 2 aromatic carbocycles. The Bertz CT molecular complexity index is 1060. The zero-order valence-electron chi connectivity index (χ0n) is 16.9. The van der Waals surface area contributed by atoms with Crippen LogP contribution in [-0.2, 0) is 22.4 Å². The highest BCUT2D eigenvalue weighted by Gasteiger charge is 2.24. The van der Waals surface area contributed by atoms with Gasteiger partial charge >= 0.3 is 0 Å². The van der Waals surface area contributed by atoms with Gasteiger partial charge in [-0.2, -0.15) is 0 Å². The molecule has 7 heteroatoms. The van der Waals surface area contributed by atoms with Crippen LogP contribution >= 0.6 is 11.8 Å². The van der Waals surface area contributed by atoms with Crippen molar-refractivity contribution in [3.05, 3.63) is 59.8 Å². The zero-order chi connectivity index (χ0) is 20.9. The number of carbonyl (C=O) groups is 2. The summed E-state index contributed by atoms with van der Waals surface area (Å²) < 4.78 is 5.30. The summed E-state index contributed by atoms with van der Waals surface area (Å²) in [6, 6.07) is 13.8. The molecule has 1 atom stereocenters. The van der Waals surface area contributed by atoms with Crippen LogP contribution in [-0.4, -0.2) is 41.5 Å². The van der Waals surface area contributed by atoms with Gasteiger partial charge in [0.2, 0.25) is 11.8 Å². The molecule has 0 fully saturated rings. The molecule has 3 N–H and O–H groups in total. The van der Waals surface area contributed by atoms with Crippen molar-refractivity contribution in [1.82, 2.24) is 10.3 Å². The molecule has 156 valence electrons. The Morgan fingerprint density at radius 1 is 1.27 bits per heavy atom. The number of fused-ring (bicyclic) bond motifs is 2. The van der Waals surface area contributed by atoms with Gasteiger partial charge in [0.1, 0.15) is 5.75 Å². The molecule has 0 radical (unpaired) electrons. The summed E-state index contributed by atoms with van der Waals surface area (Å²) >= 11 is 1.41. The minimum absolute atomic E-state index is 0.0227. The highest BCUT2D eigenvalue weighted by Crippen LogP contribution is 2.27. The van der Waals surface area contributed by atoms with Crippen LogP contribution in [0.1, 0.15) is 17.5 Å². The summed E-state index contributed by atoms with van der Waals surface area (Å²) in [6.07, 6.45) is 4.26. The Balaban J connectivity index is 1.25. The highest BCUT2D eigenvalue weighted by molar-refractivity contribution is 8.01. The average Bonchev–Trinajstić information content (AvgIpc) is 3.08. The molecule has 1 aliphatic rings. The van der Waals surface area contributed by atoms with Gasteiger partial charge in [0.05, 0.1) is 18.1 Å². The molecule has 2 heterocycles. The third kappa shape index (κ3) is 4.62.